The van der Waals surface area contributed by atoms with E-state index in [9.17, 15) is 4.79 Å². The Morgan fingerprint density at radius 2 is 2.03 bits per heavy atom. The molecule has 1 aromatic heterocycles. The van der Waals surface area contributed by atoms with Crippen LogP contribution < -0.4 is 14.8 Å². The number of nitrogens with one attached hydrogen (secondary N) is 1. The van der Waals surface area contributed by atoms with Crippen LogP contribution in [-0.2, 0) is 11.3 Å². The number of pyridine rings is 1. The molecule has 0 bridgehead atoms. The number of nitrogens with zero attached hydrogens (tertiary/aromatic N) is 1. The molecular weight excluding hydrogens is 380 g/mol. The SMILES string of the molecule is O=C(Nc1cccc(OCc2cccnc2)c1)c1ccccc1OCC1CCCO1. The third kappa shape index (κ3) is 5.36. The first kappa shape index (κ1) is 19.9. The van der Waals surface area contributed by atoms with Gasteiger partial charge in [0.05, 0.1) is 11.7 Å². The molecule has 4 rings (SSSR count). The van der Waals surface area contributed by atoms with Crippen LogP contribution in [0.2, 0.25) is 0 Å². The van der Waals surface area contributed by atoms with E-state index >= 15 is 0 Å². The minimum atomic E-state index is -0.234. The van der Waals surface area contributed by atoms with E-state index in [0.717, 1.165) is 25.0 Å². The molecule has 3 aromatic rings. The van der Waals surface area contributed by atoms with Gasteiger partial charge in [0, 0.05) is 36.3 Å². The van der Waals surface area contributed by atoms with Crippen LogP contribution in [0, 0.1) is 0 Å². The van der Waals surface area contributed by atoms with Gasteiger partial charge in [-0.2, -0.15) is 0 Å². The number of carbonyl (C=O) groups excluding carboxylic acids is 1. The van der Waals surface area contributed by atoms with E-state index in [1.54, 1.807) is 30.6 Å². The summed E-state index contributed by atoms with van der Waals surface area (Å²) in [7, 11) is 0. The zero-order valence-corrected chi connectivity index (χ0v) is 16.6. The molecule has 6 nitrogen and oxygen atoms in total. The molecule has 1 aliphatic heterocycles. The van der Waals surface area contributed by atoms with Crippen molar-refractivity contribution in [3.8, 4) is 11.5 Å². The van der Waals surface area contributed by atoms with Crippen LogP contribution in [0.25, 0.3) is 0 Å². The summed E-state index contributed by atoms with van der Waals surface area (Å²) in [6.07, 6.45) is 5.62. The molecule has 1 amide bonds. The standard InChI is InChI=1S/C24H24N2O4/c27-24(22-10-1-2-11-23(22)30-17-21-9-5-13-28-21)26-19-7-3-8-20(14-19)29-16-18-6-4-12-25-15-18/h1-4,6-8,10-12,14-15,21H,5,9,13,16-17H2,(H,26,27). The Balaban J connectivity index is 1.39. The van der Waals surface area contributed by atoms with Gasteiger partial charge in [-0.25, -0.2) is 0 Å². The van der Waals surface area contributed by atoms with Gasteiger partial charge in [0.2, 0.25) is 0 Å². The third-order valence-electron chi connectivity index (χ3n) is 4.80. The van der Waals surface area contributed by atoms with E-state index in [-0.39, 0.29) is 12.0 Å². The number of aromatic nitrogens is 1. The van der Waals surface area contributed by atoms with Gasteiger partial charge in [0.15, 0.2) is 0 Å². The molecule has 2 heterocycles. The molecule has 1 fully saturated rings. The molecule has 2 aromatic carbocycles. The average Bonchev–Trinajstić information content (AvgIpc) is 3.31. The number of anilines is 1. The summed E-state index contributed by atoms with van der Waals surface area (Å²) in [6.45, 7) is 1.63. The number of rotatable bonds is 8. The second-order valence-electron chi connectivity index (χ2n) is 7.07. The first-order valence-electron chi connectivity index (χ1n) is 10.0. The van der Waals surface area contributed by atoms with E-state index in [0.29, 0.717) is 36.0 Å². The quantitative estimate of drug-likeness (QED) is 0.600. The van der Waals surface area contributed by atoms with E-state index in [4.69, 9.17) is 14.2 Å². The van der Waals surface area contributed by atoms with Crippen molar-refractivity contribution in [3.05, 3.63) is 84.2 Å². The fraction of sp³-hybridized carbons (Fsp3) is 0.250. The number of benzene rings is 2. The maximum absolute atomic E-state index is 12.9. The second-order valence-corrected chi connectivity index (χ2v) is 7.07. The lowest BCUT2D eigenvalue weighted by Gasteiger charge is -2.15. The fourth-order valence-corrected chi connectivity index (χ4v) is 3.25. The molecule has 1 N–H and O–H groups in total. The van der Waals surface area contributed by atoms with Crippen LogP contribution in [0.15, 0.2) is 73.1 Å². The van der Waals surface area contributed by atoms with Gasteiger partial charge in [-0.3, -0.25) is 9.78 Å². The molecule has 1 atom stereocenters. The molecule has 1 aliphatic rings. The van der Waals surface area contributed by atoms with Crippen molar-refractivity contribution in [3.63, 3.8) is 0 Å². The lowest BCUT2D eigenvalue weighted by molar-refractivity contribution is 0.0673. The molecule has 1 saturated heterocycles. The molecule has 0 saturated carbocycles. The summed E-state index contributed by atoms with van der Waals surface area (Å²) in [5, 5.41) is 2.92. The molecule has 0 radical (unpaired) electrons. The molecular formula is C24H24N2O4. The largest absolute Gasteiger partial charge is 0.490 e. The van der Waals surface area contributed by atoms with Crippen molar-refractivity contribution in [1.29, 1.82) is 0 Å². The number of hydrogen-bond donors (Lipinski definition) is 1. The Morgan fingerprint density at radius 1 is 1.10 bits per heavy atom. The van der Waals surface area contributed by atoms with E-state index in [1.807, 2.05) is 42.5 Å². The van der Waals surface area contributed by atoms with Gasteiger partial charge in [-0.15, -0.1) is 0 Å². The van der Waals surface area contributed by atoms with Gasteiger partial charge < -0.3 is 19.5 Å². The monoisotopic (exact) mass is 404 g/mol. The number of carbonyl (C=O) groups is 1. The van der Waals surface area contributed by atoms with Gasteiger partial charge in [0.25, 0.3) is 5.91 Å². The maximum Gasteiger partial charge on any atom is 0.259 e. The van der Waals surface area contributed by atoms with Gasteiger partial charge >= 0.3 is 0 Å². The number of ether oxygens (including phenoxy) is 3. The third-order valence-corrected chi connectivity index (χ3v) is 4.80. The van der Waals surface area contributed by atoms with Crippen molar-refractivity contribution in [2.75, 3.05) is 18.5 Å². The predicted molar refractivity (Wildman–Crippen MR) is 114 cm³/mol. The second kappa shape index (κ2) is 9.89. The Hall–Kier alpha value is -3.38. The molecule has 0 spiro atoms. The Kier molecular flexibility index (Phi) is 6.57. The highest BCUT2D eigenvalue weighted by Gasteiger charge is 2.18. The van der Waals surface area contributed by atoms with Crippen LogP contribution in [0.4, 0.5) is 5.69 Å². The topological polar surface area (TPSA) is 69.7 Å². The van der Waals surface area contributed by atoms with Gasteiger partial charge in [-0.05, 0) is 43.2 Å². The zero-order valence-electron chi connectivity index (χ0n) is 16.6. The van der Waals surface area contributed by atoms with Crippen LogP contribution in [0.1, 0.15) is 28.8 Å². The fourth-order valence-electron chi connectivity index (χ4n) is 3.25. The van der Waals surface area contributed by atoms with Gasteiger partial charge in [0.1, 0.15) is 24.7 Å². The van der Waals surface area contributed by atoms with Crippen molar-refractivity contribution in [1.82, 2.24) is 4.98 Å². The Morgan fingerprint density at radius 3 is 2.87 bits per heavy atom. The van der Waals surface area contributed by atoms with Crippen LogP contribution >= 0.6 is 0 Å². The Labute approximate surface area is 175 Å². The molecule has 1 unspecified atom stereocenters. The normalized spacial score (nSPS) is 15.5. The molecule has 6 heteroatoms. The van der Waals surface area contributed by atoms with Crippen molar-refractivity contribution in [2.24, 2.45) is 0 Å². The average molecular weight is 404 g/mol. The number of hydrogen-bond acceptors (Lipinski definition) is 5. The summed E-state index contributed by atoms with van der Waals surface area (Å²) in [4.78, 5) is 16.9. The van der Waals surface area contributed by atoms with E-state index in [1.165, 1.54) is 0 Å². The van der Waals surface area contributed by atoms with E-state index < -0.39 is 0 Å². The number of amides is 1. The first-order valence-corrected chi connectivity index (χ1v) is 10.0. The first-order chi connectivity index (χ1) is 14.8. The highest BCUT2D eigenvalue weighted by atomic mass is 16.5. The summed E-state index contributed by atoms with van der Waals surface area (Å²) >= 11 is 0. The van der Waals surface area contributed by atoms with Crippen molar-refractivity contribution in [2.45, 2.75) is 25.6 Å². The number of para-hydroxylation sites is 1. The van der Waals surface area contributed by atoms with Crippen LogP contribution in [0.3, 0.4) is 0 Å². The summed E-state index contributed by atoms with van der Waals surface area (Å²) < 4.78 is 17.3. The molecule has 0 aliphatic carbocycles. The minimum Gasteiger partial charge on any atom is -0.490 e. The zero-order chi connectivity index (χ0) is 20.6. The summed E-state index contributed by atoms with van der Waals surface area (Å²) in [6, 6.07) is 18.4. The lowest BCUT2D eigenvalue weighted by Crippen LogP contribution is -2.19. The molecule has 30 heavy (non-hydrogen) atoms. The van der Waals surface area contributed by atoms with E-state index in [2.05, 4.69) is 10.3 Å². The van der Waals surface area contributed by atoms with Gasteiger partial charge in [-0.1, -0.05) is 24.3 Å². The maximum atomic E-state index is 12.9. The Bertz CT molecular complexity index is 972. The van der Waals surface area contributed by atoms with Crippen molar-refractivity contribution >= 4 is 11.6 Å². The van der Waals surface area contributed by atoms with Crippen LogP contribution in [-0.4, -0.2) is 30.2 Å². The predicted octanol–water partition coefficient (Wildman–Crippen LogP) is 4.47. The summed E-state index contributed by atoms with van der Waals surface area (Å²) in [5.41, 5.74) is 2.11. The van der Waals surface area contributed by atoms with Crippen LogP contribution in [0.5, 0.6) is 11.5 Å². The minimum absolute atomic E-state index is 0.0924. The smallest absolute Gasteiger partial charge is 0.259 e. The highest BCUT2D eigenvalue weighted by molar-refractivity contribution is 6.06. The lowest BCUT2D eigenvalue weighted by atomic mass is 10.1. The molecule has 154 valence electrons. The highest BCUT2D eigenvalue weighted by Crippen LogP contribution is 2.23. The summed E-state index contributed by atoms with van der Waals surface area (Å²) in [5.74, 6) is 0.983. The van der Waals surface area contributed by atoms with Crippen molar-refractivity contribution < 1.29 is 19.0 Å².